The molecule has 0 spiro atoms. The molecule has 1 aromatic heterocycles. The molecule has 80 valence electrons. The van der Waals surface area contributed by atoms with Gasteiger partial charge in [-0.2, -0.15) is 0 Å². The lowest BCUT2D eigenvalue weighted by molar-refractivity contribution is 0.0945. The molecule has 1 aliphatic carbocycles. The molecule has 0 atom stereocenters. The zero-order chi connectivity index (χ0) is 10.7. The highest BCUT2D eigenvalue weighted by Gasteiger charge is 2.24. The van der Waals surface area contributed by atoms with E-state index in [-0.39, 0.29) is 5.91 Å². The van der Waals surface area contributed by atoms with Crippen molar-refractivity contribution in [3.05, 3.63) is 18.1 Å². The molecule has 15 heavy (non-hydrogen) atoms. The van der Waals surface area contributed by atoms with Crippen LogP contribution in [0.3, 0.4) is 0 Å². The number of nitrogens with zero attached hydrogens (tertiary/aromatic N) is 2. The minimum absolute atomic E-state index is 0.152. The Kier molecular flexibility index (Phi) is 2.80. The van der Waals surface area contributed by atoms with Gasteiger partial charge in [0.15, 0.2) is 0 Å². The molecule has 5 nitrogen and oxygen atoms in total. The molecule has 0 aliphatic heterocycles. The van der Waals surface area contributed by atoms with Crippen LogP contribution in [0.4, 0.5) is 0 Å². The number of hydrogen-bond donors (Lipinski definition) is 1. The molecule has 0 aromatic carbocycles. The molecule has 0 unspecified atom stereocenters. The summed E-state index contributed by atoms with van der Waals surface area (Å²) in [6.07, 6.45) is 3.47. The molecule has 0 bridgehead atoms. The number of carbonyl (C=O) groups excluding carboxylic acids is 1. The Balaban J connectivity index is 2.05. The number of carbonyl (C=O) groups is 1. The smallest absolute Gasteiger partial charge is 0.270 e. The normalized spacial score (nSPS) is 14.7. The molecule has 1 aromatic rings. The van der Waals surface area contributed by atoms with Crippen molar-refractivity contribution in [2.45, 2.75) is 25.8 Å². The Morgan fingerprint density at radius 2 is 2.40 bits per heavy atom. The summed E-state index contributed by atoms with van der Waals surface area (Å²) in [6.45, 7) is 2.40. The van der Waals surface area contributed by atoms with E-state index in [2.05, 4.69) is 15.3 Å². The molecule has 0 saturated heterocycles. The van der Waals surface area contributed by atoms with Crippen molar-refractivity contribution < 1.29 is 9.53 Å². The lowest BCUT2D eigenvalue weighted by Gasteiger charge is -2.04. The van der Waals surface area contributed by atoms with Crippen LogP contribution in [0.25, 0.3) is 0 Å². The van der Waals surface area contributed by atoms with Gasteiger partial charge in [0, 0.05) is 12.1 Å². The Hall–Kier alpha value is -1.65. The summed E-state index contributed by atoms with van der Waals surface area (Å²) in [4.78, 5) is 19.4. The van der Waals surface area contributed by atoms with Gasteiger partial charge in [-0.1, -0.05) is 0 Å². The second kappa shape index (κ2) is 4.25. The first-order valence-electron chi connectivity index (χ1n) is 5.05. The first-order chi connectivity index (χ1) is 7.29. The first kappa shape index (κ1) is 9.89. The molecule has 1 N–H and O–H groups in total. The Morgan fingerprint density at radius 3 is 3.07 bits per heavy atom. The van der Waals surface area contributed by atoms with Gasteiger partial charge in [0.05, 0.1) is 6.61 Å². The monoisotopic (exact) mass is 207 g/mol. The van der Waals surface area contributed by atoms with Crippen LogP contribution in [-0.2, 0) is 0 Å². The maximum Gasteiger partial charge on any atom is 0.270 e. The fourth-order valence-corrected chi connectivity index (χ4v) is 1.18. The van der Waals surface area contributed by atoms with E-state index in [4.69, 9.17) is 4.74 Å². The Bertz CT molecular complexity index is 363. The van der Waals surface area contributed by atoms with Gasteiger partial charge >= 0.3 is 0 Å². The summed E-state index contributed by atoms with van der Waals surface area (Å²) in [5.41, 5.74) is 0.361. The standard InChI is InChI=1S/C10H13N3O2/c1-2-15-9-5-8(11-6-12-9)10(14)13-7-3-4-7/h5-7H,2-4H2,1H3,(H,13,14). The van der Waals surface area contributed by atoms with Crippen molar-refractivity contribution >= 4 is 5.91 Å². The summed E-state index contributed by atoms with van der Waals surface area (Å²) in [6, 6.07) is 1.89. The molecular weight excluding hydrogens is 194 g/mol. The fourth-order valence-electron chi connectivity index (χ4n) is 1.18. The number of ether oxygens (including phenoxy) is 1. The fraction of sp³-hybridized carbons (Fsp3) is 0.500. The van der Waals surface area contributed by atoms with Gasteiger partial charge in [-0.3, -0.25) is 4.79 Å². The molecule has 1 amide bonds. The van der Waals surface area contributed by atoms with Gasteiger partial charge < -0.3 is 10.1 Å². The third-order valence-electron chi connectivity index (χ3n) is 2.08. The molecular formula is C10H13N3O2. The van der Waals surface area contributed by atoms with Crippen LogP contribution in [0.1, 0.15) is 30.3 Å². The van der Waals surface area contributed by atoms with E-state index < -0.39 is 0 Å². The van der Waals surface area contributed by atoms with Crippen LogP contribution in [-0.4, -0.2) is 28.5 Å². The highest BCUT2D eigenvalue weighted by atomic mass is 16.5. The molecule has 1 saturated carbocycles. The summed E-state index contributed by atoms with van der Waals surface area (Å²) < 4.78 is 5.19. The molecule has 0 radical (unpaired) electrons. The summed E-state index contributed by atoms with van der Waals surface area (Å²) >= 11 is 0. The molecule has 1 fully saturated rings. The van der Waals surface area contributed by atoms with Crippen molar-refractivity contribution in [2.24, 2.45) is 0 Å². The van der Waals surface area contributed by atoms with E-state index in [0.29, 0.717) is 24.2 Å². The highest BCUT2D eigenvalue weighted by Crippen LogP contribution is 2.19. The van der Waals surface area contributed by atoms with Gasteiger partial charge in [0.2, 0.25) is 5.88 Å². The second-order valence-electron chi connectivity index (χ2n) is 3.42. The first-order valence-corrected chi connectivity index (χ1v) is 5.05. The average Bonchev–Trinajstić information content (AvgIpc) is 3.03. The third-order valence-corrected chi connectivity index (χ3v) is 2.08. The summed E-state index contributed by atoms with van der Waals surface area (Å²) in [5.74, 6) is 0.286. The molecule has 1 aliphatic rings. The van der Waals surface area contributed by atoms with Crippen molar-refractivity contribution in [2.75, 3.05) is 6.61 Å². The van der Waals surface area contributed by atoms with Gasteiger partial charge in [-0.15, -0.1) is 0 Å². The van der Waals surface area contributed by atoms with E-state index >= 15 is 0 Å². The Labute approximate surface area is 87.9 Å². The van der Waals surface area contributed by atoms with Gasteiger partial charge in [0.25, 0.3) is 5.91 Å². The van der Waals surface area contributed by atoms with Crippen LogP contribution in [0.5, 0.6) is 5.88 Å². The minimum atomic E-state index is -0.152. The van der Waals surface area contributed by atoms with E-state index in [1.54, 1.807) is 6.07 Å². The van der Waals surface area contributed by atoms with Gasteiger partial charge in [-0.05, 0) is 19.8 Å². The van der Waals surface area contributed by atoms with Crippen LogP contribution in [0, 0.1) is 0 Å². The Morgan fingerprint density at radius 1 is 1.60 bits per heavy atom. The number of aromatic nitrogens is 2. The largest absolute Gasteiger partial charge is 0.478 e. The number of nitrogens with one attached hydrogen (secondary N) is 1. The summed E-state index contributed by atoms with van der Waals surface area (Å²) in [5, 5.41) is 2.85. The molecule has 5 heteroatoms. The van der Waals surface area contributed by atoms with Crippen molar-refractivity contribution in [3.8, 4) is 5.88 Å². The zero-order valence-electron chi connectivity index (χ0n) is 8.56. The number of amides is 1. The SMILES string of the molecule is CCOc1cc(C(=O)NC2CC2)ncn1. The lowest BCUT2D eigenvalue weighted by Crippen LogP contribution is -2.26. The van der Waals surface area contributed by atoms with Crippen LogP contribution < -0.4 is 10.1 Å². The number of hydrogen-bond acceptors (Lipinski definition) is 4. The maximum absolute atomic E-state index is 11.6. The maximum atomic E-state index is 11.6. The van der Waals surface area contributed by atoms with Crippen LogP contribution >= 0.6 is 0 Å². The predicted octanol–water partition coefficient (Wildman–Crippen LogP) is 0.767. The van der Waals surface area contributed by atoms with E-state index in [9.17, 15) is 4.79 Å². The molecule has 1 heterocycles. The average molecular weight is 207 g/mol. The topological polar surface area (TPSA) is 64.1 Å². The van der Waals surface area contributed by atoms with E-state index in [1.165, 1.54) is 6.33 Å². The van der Waals surface area contributed by atoms with Crippen molar-refractivity contribution in [1.29, 1.82) is 0 Å². The zero-order valence-corrected chi connectivity index (χ0v) is 8.56. The van der Waals surface area contributed by atoms with Crippen molar-refractivity contribution in [1.82, 2.24) is 15.3 Å². The van der Waals surface area contributed by atoms with Crippen LogP contribution in [0.2, 0.25) is 0 Å². The van der Waals surface area contributed by atoms with E-state index in [1.807, 2.05) is 6.92 Å². The summed E-state index contributed by atoms with van der Waals surface area (Å²) in [7, 11) is 0. The van der Waals surface area contributed by atoms with Crippen molar-refractivity contribution in [3.63, 3.8) is 0 Å². The second-order valence-corrected chi connectivity index (χ2v) is 3.42. The van der Waals surface area contributed by atoms with E-state index in [0.717, 1.165) is 12.8 Å². The third kappa shape index (κ3) is 2.65. The van der Waals surface area contributed by atoms with Gasteiger partial charge in [0.1, 0.15) is 12.0 Å². The predicted molar refractivity (Wildman–Crippen MR) is 53.7 cm³/mol. The van der Waals surface area contributed by atoms with Crippen LogP contribution in [0.15, 0.2) is 12.4 Å². The number of rotatable bonds is 4. The highest BCUT2D eigenvalue weighted by molar-refractivity contribution is 5.92. The quantitative estimate of drug-likeness (QED) is 0.792. The lowest BCUT2D eigenvalue weighted by atomic mass is 10.3. The minimum Gasteiger partial charge on any atom is -0.478 e. The molecule has 2 rings (SSSR count). The van der Waals surface area contributed by atoms with Gasteiger partial charge in [-0.25, -0.2) is 9.97 Å².